The molecule has 1 heterocycles. The van der Waals surface area contributed by atoms with E-state index in [2.05, 4.69) is 10.2 Å². The van der Waals surface area contributed by atoms with Gasteiger partial charge in [0.15, 0.2) is 0 Å². The number of phenolic OH excluding ortho intramolecular Hbond substituents is 1. The van der Waals surface area contributed by atoms with Gasteiger partial charge in [0.1, 0.15) is 39.4 Å². The summed E-state index contributed by atoms with van der Waals surface area (Å²) in [5, 5.41) is 15.4. The van der Waals surface area contributed by atoms with Crippen LogP contribution in [-0.4, -0.2) is 59.4 Å². The Morgan fingerprint density at radius 1 is 0.939 bits per heavy atom. The van der Waals surface area contributed by atoms with E-state index in [0.29, 0.717) is 44.3 Å². The average Bonchev–Trinajstić information content (AvgIpc) is 2.83. The van der Waals surface area contributed by atoms with E-state index in [0.717, 1.165) is 13.1 Å². The second-order valence-electron chi connectivity index (χ2n) is 7.73. The average molecular weight is 449 g/mol. The topological polar surface area (TPSA) is 96.8 Å². The van der Waals surface area contributed by atoms with E-state index in [9.17, 15) is 9.90 Å². The summed E-state index contributed by atoms with van der Waals surface area (Å²) in [6.07, 6.45) is -0.225. The predicted molar refractivity (Wildman–Crippen MR) is 129 cm³/mol. The Kier molecular flexibility index (Phi) is 6.20. The van der Waals surface area contributed by atoms with Gasteiger partial charge in [0, 0.05) is 10.8 Å². The van der Waals surface area contributed by atoms with Crippen molar-refractivity contribution < 1.29 is 19.4 Å². The summed E-state index contributed by atoms with van der Waals surface area (Å²) in [6.45, 7) is 7.55. The standard InChI is InChI=1S/C25H28N4O4/c1-6-29(7-2)14(3)26-25(31)19-23-20(15-10-8-9-11-16(15)24(19)30)27-21-17(32-4)12-13-18(33-5)22(21)28-23/h8-14,30H,6-7H2,1-5H3,(H,26,31). The fraction of sp³-hybridized carbons (Fsp3) is 0.320. The smallest absolute Gasteiger partial charge is 0.258 e. The molecule has 0 aliphatic rings. The minimum absolute atomic E-state index is 0.0852. The van der Waals surface area contributed by atoms with Gasteiger partial charge in [0.25, 0.3) is 5.91 Å². The quantitative estimate of drug-likeness (QED) is 0.250. The number of hydrogen-bond donors (Lipinski definition) is 2. The molecular weight excluding hydrogens is 420 g/mol. The Morgan fingerprint density at radius 3 is 2.03 bits per heavy atom. The van der Waals surface area contributed by atoms with Crippen molar-refractivity contribution in [2.75, 3.05) is 27.3 Å². The lowest BCUT2D eigenvalue weighted by Gasteiger charge is -2.27. The van der Waals surface area contributed by atoms with E-state index in [1.807, 2.05) is 39.0 Å². The van der Waals surface area contributed by atoms with Crippen molar-refractivity contribution in [2.24, 2.45) is 0 Å². The van der Waals surface area contributed by atoms with Gasteiger partial charge < -0.3 is 19.9 Å². The Hall–Kier alpha value is -3.65. The van der Waals surface area contributed by atoms with Gasteiger partial charge >= 0.3 is 0 Å². The van der Waals surface area contributed by atoms with Gasteiger partial charge in [-0.1, -0.05) is 38.1 Å². The number of nitrogens with one attached hydrogen (secondary N) is 1. The minimum atomic E-state index is -0.418. The van der Waals surface area contributed by atoms with E-state index in [1.165, 1.54) is 0 Å². The molecule has 0 saturated heterocycles. The van der Waals surface area contributed by atoms with Crippen LogP contribution in [0.3, 0.4) is 0 Å². The van der Waals surface area contributed by atoms with Crippen molar-refractivity contribution in [1.82, 2.24) is 20.2 Å². The second kappa shape index (κ2) is 9.07. The summed E-state index contributed by atoms with van der Waals surface area (Å²) < 4.78 is 11.0. The molecule has 0 fully saturated rings. The number of benzene rings is 3. The zero-order valence-corrected chi connectivity index (χ0v) is 19.5. The first-order valence-electron chi connectivity index (χ1n) is 11.0. The van der Waals surface area contributed by atoms with Gasteiger partial charge in [-0.15, -0.1) is 0 Å². The van der Waals surface area contributed by atoms with Crippen LogP contribution in [-0.2, 0) is 0 Å². The fourth-order valence-corrected chi connectivity index (χ4v) is 4.26. The molecule has 0 aliphatic carbocycles. The molecule has 2 N–H and O–H groups in total. The highest BCUT2D eigenvalue weighted by molar-refractivity contribution is 6.19. The van der Waals surface area contributed by atoms with Crippen molar-refractivity contribution >= 4 is 38.7 Å². The van der Waals surface area contributed by atoms with Crippen molar-refractivity contribution in [3.63, 3.8) is 0 Å². The first-order valence-corrected chi connectivity index (χ1v) is 11.0. The molecule has 172 valence electrons. The minimum Gasteiger partial charge on any atom is -0.506 e. The van der Waals surface area contributed by atoms with Crippen LogP contribution in [0.15, 0.2) is 36.4 Å². The Balaban J connectivity index is 2.05. The maximum Gasteiger partial charge on any atom is 0.258 e. The maximum atomic E-state index is 13.5. The lowest BCUT2D eigenvalue weighted by Crippen LogP contribution is -2.46. The third kappa shape index (κ3) is 3.76. The Morgan fingerprint density at radius 2 is 1.48 bits per heavy atom. The third-order valence-corrected chi connectivity index (χ3v) is 6.03. The Labute approximate surface area is 192 Å². The molecule has 8 nitrogen and oxygen atoms in total. The predicted octanol–water partition coefficient (Wildman–Crippen LogP) is 4.08. The molecule has 1 atom stereocenters. The molecule has 0 radical (unpaired) electrons. The molecule has 1 aromatic heterocycles. The number of amides is 1. The van der Waals surface area contributed by atoms with Gasteiger partial charge in [-0.3, -0.25) is 9.69 Å². The number of fused-ring (bicyclic) bond motifs is 4. The number of rotatable bonds is 7. The molecular formula is C25H28N4O4. The molecule has 4 rings (SSSR count). The van der Waals surface area contributed by atoms with E-state index >= 15 is 0 Å². The zero-order chi connectivity index (χ0) is 23.7. The molecule has 4 aromatic rings. The third-order valence-electron chi connectivity index (χ3n) is 6.03. The van der Waals surface area contributed by atoms with Crippen LogP contribution in [0, 0.1) is 0 Å². The van der Waals surface area contributed by atoms with Crippen molar-refractivity contribution in [2.45, 2.75) is 26.9 Å². The van der Waals surface area contributed by atoms with Crippen LogP contribution in [0.1, 0.15) is 31.1 Å². The molecule has 8 heteroatoms. The van der Waals surface area contributed by atoms with Gasteiger partial charge in [0.2, 0.25) is 0 Å². The highest BCUT2D eigenvalue weighted by Gasteiger charge is 2.25. The van der Waals surface area contributed by atoms with E-state index in [4.69, 9.17) is 19.4 Å². The molecule has 1 unspecified atom stereocenters. The summed E-state index contributed by atoms with van der Waals surface area (Å²) in [5.41, 5.74) is 1.85. The number of nitrogens with zero attached hydrogens (tertiary/aromatic N) is 3. The van der Waals surface area contributed by atoms with Crippen LogP contribution < -0.4 is 14.8 Å². The number of ether oxygens (including phenoxy) is 2. The van der Waals surface area contributed by atoms with Crippen molar-refractivity contribution in [3.8, 4) is 17.2 Å². The van der Waals surface area contributed by atoms with E-state index in [-0.39, 0.29) is 17.5 Å². The van der Waals surface area contributed by atoms with Crippen molar-refractivity contribution in [3.05, 3.63) is 42.0 Å². The lowest BCUT2D eigenvalue weighted by molar-refractivity contribution is 0.0874. The van der Waals surface area contributed by atoms with Crippen LogP contribution in [0.5, 0.6) is 17.2 Å². The SMILES string of the molecule is CCN(CC)C(C)NC(=O)c1c(O)c2ccccc2c2nc3c(OC)ccc(OC)c3nc12. The van der Waals surface area contributed by atoms with Gasteiger partial charge in [0.05, 0.1) is 25.9 Å². The number of hydrogen-bond acceptors (Lipinski definition) is 7. The molecule has 0 aliphatic heterocycles. The normalized spacial score (nSPS) is 12.4. The first-order chi connectivity index (χ1) is 15.9. The number of carbonyl (C=O) groups excluding carboxylic acids is 1. The van der Waals surface area contributed by atoms with E-state index in [1.54, 1.807) is 32.4 Å². The second-order valence-corrected chi connectivity index (χ2v) is 7.73. The summed E-state index contributed by atoms with van der Waals surface area (Å²) >= 11 is 0. The molecule has 0 saturated carbocycles. The first kappa shape index (κ1) is 22.5. The molecule has 0 spiro atoms. The largest absolute Gasteiger partial charge is 0.506 e. The van der Waals surface area contributed by atoms with Crippen molar-refractivity contribution in [1.29, 1.82) is 0 Å². The number of aromatic hydroxyl groups is 1. The van der Waals surface area contributed by atoms with Gasteiger partial charge in [-0.25, -0.2) is 9.97 Å². The number of phenols is 1. The van der Waals surface area contributed by atoms with Gasteiger partial charge in [-0.2, -0.15) is 0 Å². The molecule has 1 amide bonds. The maximum absolute atomic E-state index is 13.5. The number of methoxy groups -OCH3 is 2. The summed E-state index contributed by atoms with van der Waals surface area (Å²) in [4.78, 5) is 25.2. The summed E-state index contributed by atoms with van der Waals surface area (Å²) in [7, 11) is 3.11. The highest BCUT2D eigenvalue weighted by Crippen LogP contribution is 2.39. The number of aromatic nitrogens is 2. The van der Waals surface area contributed by atoms with Crippen LogP contribution in [0.4, 0.5) is 0 Å². The number of carbonyl (C=O) groups is 1. The monoisotopic (exact) mass is 448 g/mol. The lowest BCUT2D eigenvalue weighted by atomic mass is 10.0. The Bertz CT molecular complexity index is 1350. The highest BCUT2D eigenvalue weighted by atomic mass is 16.5. The molecule has 33 heavy (non-hydrogen) atoms. The summed E-state index contributed by atoms with van der Waals surface area (Å²) in [5.74, 6) is 0.491. The molecule has 3 aromatic carbocycles. The zero-order valence-electron chi connectivity index (χ0n) is 19.5. The van der Waals surface area contributed by atoms with E-state index < -0.39 is 5.91 Å². The van der Waals surface area contributed by atoms with Crippen LogP contribution in [0.2, 0.25) is 0 Å². The van der Waals surface area contributed by atoms with Crippen LogP contribution in [0.25, 0.3) is 32.8 Å². The van der Waals surface area contributed by atoms with Gasteiger partial charge in [-0.05, 0) is 32.1 Å². The summed E-state index contributed by atoms with van der Waals surface area (Å²) in [6, 6.07) is 10.8. The molecule has 0 bridgehead atoms. The van der Waals surface area contributed by atoms with Crippen LogP contribution >= 0.6 is 0 Å². The fourth-order valence-electron chi connectivity index (χ4n) is 4.26.